The summed E-state index contributed by atoms with van der Waals surface area (Å²) in [6.07, 6.45) is 2.08. The van der Waals surface area contributed by atoms with Gasteiger partial charge in [-0.15, -0.1) is 0 Å². The molecule has 6 heteroatoms. The molecular weight excluding hydrogens is 297 g/mol. The zero-order valence-electron chi connectivity index (χ0n) is 13.6. The van der Waals surface area contributed by atoms with Gasteiger partial charge in [0.25, 0.3) is 0 Å². The molecule has 5 nitrogen and oxygen atoms in total. The highest BCUT2D eigenvalue weighted by atomic mass is 19.1. The molecule has 0 aliphatic carbocycles. The fourth-order valence-corrected chi connectivity index (χ4v) is 3.33. The van der Waals surface area contributed by atoms with E-state index in [1.165, 1.54) is 12.1 Å². The van der Waals surface area contributed by atoms with Gasteiger partial charge in [0.15, 0.2) is 0 Å². The number of likely N-dealkylation sites (N-methyl/N-ethyl adjacent to an activating group) is 1. The van der Waals surface area contributed by atoms with Crippen LogP contribution in [0.2, 0.25) is 0 Å². The molecule has 0 bridgehead atoms. The van der Waals surface area contributed by atoms with Crippen molar-refractivity contribution in [1.82, 2.24) is 9.80 Å². The maximum Gasteiger partial charge on any atom is 0.239 e. The molecule has 1 heterocycles. The van der Waals surface area contributed by atoms with Crippen LogP contribution in [-0.2, 0) is 4.79 Å². The summed E-state index contributed by atoms with van der Waals surface area (Å²) < 4.78 is 13.1. The van der Waals surface area contributed by atoms with E-state index in [0.717, 1.165) is 44.6 Å². The van der Waals surface area contributed by atoms with Crippen molar-refractivity contribution in [2.45, 2.75) is 18.9 Å². The highest BCUT2D eigenvalue weighted by Gasteiger charge is 2.27. The Kier molecular flexibility index (Phi) is 6.50. The zero-order chi connectivity index (χ0) is 16.8. The van der Waals surface area contributed by atoms with Gasteiger partial charge in [-0.2, -0.15) is 0 Å². The van der Waals surface area contributed by atoms with E-state index in [9.17, 15) is 9.18 Å². The standard InChI is InChI=1S/C17H26FN3O2/c1-20(12-13-6-8-21(9-7-13)10-11-22)16(17(19)23)14-2-4-15(18)5-3-14/h2-5,13,16,22H,6-12H2,1H3,(H2,19,23)/t16-/m0/s1. The van der Waals surface area contributed by atoms with Crippen molar-refractivity contribution in [2.75, 3.05) is 39.8 Å². The minimum absolute atomic E-state index is 0.193. The van der Waals surface area contributed by atoms with Gasteiger partial charge < -0.3 is 15.7 Å². The lowest BCUT2D eigenvalue weighted by Crippen LogP contribution is -2.42. The van der Waals surface area contributed by atoms with E-state index in [4.69, 9.17) is 10.8 Å². The number of piperidine rings is 1. The van der Waals surface area contributed by atoms with Crippen LogP contribution in [0.3, 0.4) is 0 Å². The lowest BCUT2D eigenvalue weighted by atomic mass is 9.95. The number of nitrogens with zero attached hydrogens (tertiary/aromatic N) is 2. The van der Waals surface area contributed by atoms with Gasteiger partial charge in [-0.25, -0.2) is 4.39 Å². The van der Waals surface area contributed by atoms with Gasteiger partial charge in [0.05, 0.1) is 6.61 Å². The highest BCUT2D eigenvalue weighted by molar-refractivity contribution is 5.81. The largest absolute Gasteiger partial charge is 0.395 e. The third-order valence-corrected chi connectivity index (χ3v) is 4.57. The van der Waals surface area contributed by atoms with Crippen LogP contribution in [0.15, 0.2) is 24.3 Å². The summed E-state index contributed by atoms with van der Waals surface area (Å²) in [5.41, 5.74) is 6.29. The Morgan fingerprint density at radius 3 is 2.52 bits per heavy atom. The summed E-state index contributed by atoms with van der Waals surface area (Å²) in [5.74, 6) is -0.245. The predicted molar refractivity (Wildman–Crippen MR) is 87.2 cm³/mol. The maximum absolute atomic E-state index is 13.1. The summed E-state index contributed by atoms with van der Waals surface area (Å²) in [5, 5.41) is 8.98. The SMILES string of the molecule is CN(CC1CCN(CCO)CC1)[C@H](C(N)=O)c1ccc(F)cc1. The first-order chi connectivity index (χ1) is 11.0. The number of hydrogen-bond donors (Lipinski definition) is 2. The second-order valence-electron chi connectivity index (χ2n) is 6.30. The van der Waals surface area contributed by atoms with Crippen LogP contribution in [-0.4, -0.2) is 60.6 Å². The first-order valence-electron chi connectivity index (χ1n) is 8.09. The zero-order valence-corrected chi connectivity index (χ0v) is 13.6. The minimum atomic E-state index is -0.536. The average molecular weight is 323 g/mol. The molecule has 3 N–H and O–H groups in total. The summed E-state index contributed by atoms with van der Waals surface area (Å²) in [7, 11) is 1.89. The summed E-state index contributed by atoms with van der Waals surface area (Å²) in [6.45, 7) is 3.63. The van der Waals surface area contributed by atoms with Gasteiger partial charge in [-0.1, -0.05) is 12.1 Å². The van der Waals surface area contributed by atoms with Crippen LogP contribution < -0.4 is 5.73 Å². The summed E-state index contributed by atoms with van der Waals surface area (Å²) in [4.78, 5) is 16.1. The molecule has 2 rings (SSSR count). The van der Waals surface area contributed by atoms with Crippen molar-refractivity contribution in [3.05, 3.63) is 35.6 Å². The molecule has 1 fully saturated rings. The van der Waals surface area contributed by atoms with E-state index >= 15 is 0 Å². The Morgan fingerprint density at radius 1 is 1.39 bits per heavy atom. The van der Waals surface area contributed by atoms with Crippen LogP contribution >= 0.6 is 0 Å². The second kappa shape index (κ2) is 8.38. The molecule has 23 heavy (non-hydrogen) atoms. The Bertz CT molecular complexity index is 501. The number of hydrogen-bond acceptors (Lipinski definition) is 4. The van der Waals surface area contributed by atoms with Gasteiger partial charge in [-0.3, -0.25) is 9.69 Å². The number of carbonyl (C=O) groups excluding carboxylic acids is 1. The lowest BCUT2D eigenvalue weighted by Gasteiger charge is -2.35. The van der Waals surface area contributed by atoms with Crippen molar-refractivity contribution < 1.29 is 14.3 Å². The normalized spacial score (nSPS) is 18.3. The second-order valence-corrected chi connectivity index (χ2v) is 6.30. The molecule has 0 spiro atoms. The molecule has 1 aromatic rings. The molecule has 0 radical (unpaired) electrons. The molecule has 128 valence electrons. The predicted octanol–water partition coefficient (Wildman–Crippen LogP) is 0.988. The lowest BCUT2D eigenvalue weighted by molar-refractivity contribution is -0.123. The number of halogens is 1. The Hall–Kier alpha value is -1.50. The van der Waals surface area contributed by atoms with Crippen LogP contribution in [0.1, 0.15) is 24.4 Å². The van der Waals surface area contributed by atoms with Crippen molar-refractivity contribution in [2.24, 2.45) is 11.7 Å². The molecular formula is C17H26FN3O2. The number of β-amino-alcohol motifs (C(OH)–C–C–N with tert-alkyl or cyclic N) is 1. The maximum atomic E-state index is 13.1. The first-order valence-corrected chi connectivity index (χ1v) is 8.09. The van der Waals surface area contributed by atoms with Crippen molar-refractivity contribution >= 4 is 5.91 Å². The third kappa shape index (κ3) is 4.99. The van der Waals surface area contributed by atoms with Crippen LogP contribution in [0.25, 0.3) is 0 Å². The monoisotopic (exact) mass is 323 g/mol. The third-order valence-electron chi connectivity index (χ3n) is 4.57. The first kappa shape index (κ1) is 17.8. The van der Waals surface area contributed by atoms with Crippen molar-refractivity contribution in [1.29, 1.82) is 0 Å². The fraction of sp³-hybridized carbons (Fsp3) is 0.588. The van der Waals surface area contributed by atoms with Crippen molar-refractivity contribution in [3.63, 3.8) is 0 Å². The minimum Gasteiger partial charge on any atom is -0.395 e. The number of nitrogens with two attached hydrogens (primary N) is 1. The smallest absolute Gasteiger partial charge is 0.239 e. The van der Waals surface area contributed by atoms with E-state index in [-0.39, 0.29) is 12.4 Å². The molecule has 1 atom stereocenters. The van der Waals surface area contributed by atoms with E-state index in [1.807, 2.05) is 11.9 Å². The van der Waals surface area contributed by atoms with E-state index in [2.05, 4.69) is 4.90 Å². The van der Waals surface area contributed by atoms with Crippen LogP contribution in [0.5, 0.6) is 0 Å². The summed E-state index contributed by atoms with van der Waals surface area (Å²) in [6, 6.07) is 5.40. The van der Waals surface area contributed by atoms with Gasteiger partial charge in [0, 0.05) is 13.1 Å². The fourth-order valence-electron chi connectivity index (χ4n) is 3.33. The summed E-state index contributed by atoms with van der Waals surface area (Å²) >= 11 is 0. The Balaban J connectivity index is 1.95. The van der Waals surface area contributed by atoms with E-state index in [0.29, 0.717) is 5.92 Å². The number of amides is 1. The molecule has 1 aliphatic heterocycles. The Labute approximate surface area is 136 Å². The molecule has 1 amide bonds. The van der Waals surface area contributed by atoms with E-state index < -0.39 is 11.9 Å². The topological polar surface area (TPSA) is 69.8 Å². The average Bonchev–Trinajstić information content (AvgIpc) is 2.51. The molecule has 1 aromatic carbocycles. The number of aliphatic hydroxyl groups excluding tert-OH is 1. The Morgan fingerprint density at radius 2 is 2.00 bits per heavy atom. The molecule has 0 unspecified atom stereocenters. The van der Waals surface area contributed by atoms with Gasteiger partial charge >= 0.3 is 0 Å². The number of carbonyl (C=O) groups is 1. The van der Waals surface area contributed by atoms with Crippen LogP contribution in [0, 0.1) is 11.7 Å². The van der Waals surface area contributed by atoms with Crippen molar-refractivity contribution in [3.8, 4) is 0 Å². The van der Waals surface area contributed by atoms with Crippen LogP contribution in [0.4, 0.5) is 4.39 Å². The molecule has 0 aromatic heterocycles. The van der Waals surface area contributed by atoms with E-state index in [1.54, 1.807) is 12.1 Å². The number of aliphatic hydroxyl groups is 1. The number of likely N-dealkylation sites (tertiary alicyclic amines) is 1. The number of rotatable bonds is 7. The van der Waals surface area contributed by atoms with Gasteiger partial charge in [0.2, 0.25) is 5.91 Å². The molecule has 0 saturated carbocycles. The molecule has 1 saturated heterocycles. The quantitative estimate of drug-likeness (QED) is 0.785. The van der Waals surface area contributed by atoms with Gasteiger partial charge in [-0.05, 0) is 56.6 Å². The molecule has 1 aliphatic rings. The highest BCUT2D eigenvalue weighted by Crippen LogP contribution is 2.24. The van der Waals surface area contributed by atoms with Gasteiger partial charge in [0.1, 0.15) is 11.9 Å². The number of primary amides is 1. The number of benzene rings is 1.